The van der Waals surface area contributed by atoms with Crippen LogP contribution in [0.1, 0.15) is 228 Å². The lowest BCUT2D eigenvalue weighted by molar-refractivity contribution is 0.600. The lowest BCUT2D eigenvalue weighted by atomic mass is 9.93. The summed E-state index contributed by atoms with van der Waals surface area (Å²) in [4.78, 5) is 18.5. The summed E-state index contributed by atoms with van der Waals surface area (Å²) in [6.07, 6.45) is 42.8. The number of rotatable bonds is 28. The second-order valence-corrected chi connectivity index (χ2v) is 17.1. The number of aromatic nitrogens is 4. The van der Waals surface area contributed by atoms with Crippen molar-refractivity contribution < 1.29 is 0 Å². The van der Waals surface area contributed by atoms with E-state index in [9.17, 15) is 0 Å². The average Bonchev–Trinajstić information content (AvgIpc) is 4.00. The maximum Gasteiger partial charge on any atom is 0.0722 e. The molecule has 4 nitrogen and oxygen atoms in total. The van der Waals surface area contributed by atoms with Gasteiger partial charge < -0.3 is 9.97 Å². The average molecular weight is 759 g/mol. The first-order chi connectivity index (χ1) is 27.6. The van der Waals surface area contributed by atoms with Gasteiger partial charge in [-0.2, -0.15) is 0 Å². The fourth-order valence-corrected chi connectivity index (χ4v) is 8.87. The van der Waals surface area contributed by atoms with E-state index in [-0.39, 0.29) is 0 Å². The molecule has 3 aromatic heterocycles. The molecule has 0 spiro atoms. The molecule has 0 amide bonds. The van der Waals surface area contributed by atoms with Crippen molar-refractivity contribution in [1.29, 1.82) is 0 Å². The number of aromatic amines is 2. The van der Waals surface area contributed by atoms with E-state index in [4.69, 9.17) is 9.97 Å². The summed E-state index contributed by atoms with van der Waals surface area (Å²) in [6, 6.07) is 11.2. The van der Waals surface area contributed by atoms with Crippen molar-refractivity contribution in [3.63, 3.8) is 0 Å². The van der Waals surface area contributed by atoms with Crippen molar-refractivity contribution in [1.82, 2.24) is 19.9 Å². The second-order valence-electron chi connectivity index (χ2n) is 17.1. The largest absolute Gasteiger partial charge is 0.355 e. The molecule has 0 unspecified atom stereocenters. The third kappa shape index (κ3) is 13.9. The molecule has 8 bridgehead atoms. The Morgan fingerprint density at radius 1 is 0.411 bits per heavy atom. The van der Waals surface area contributed by atoms with Gasteiger partial charge in [0.15, 0.2) is 0 Å². The van der Waals surface area contributed by atoms with Crippen molar-refractivity contribution >= 4 is 45.9 Å². The highest BCUT2D eigenvalue weighted by Crippen LogP contribution is 2.36. The van der Waals surface area contributed by atoms with Crippen LogP contribution in [0.2, 0.25) is 0 Å². The van der Waals surface area contributed by atoms with Crippen LogP contribution in [0.25, 0.3) is 45.9 Å². The molecule has 0 saturated carbocycles. The predicted molar refractivity (Wildman–Crippen MR) is 247 cm³/mol. The Morgan fingerprint density at radius 2 is 0.857 bits per heavy atom. The Balaban J connectivity index is 1.68. The normalized spacial score (nSPS) is 12.5. The minimum atomic E-state index is 0.999. The van der Waals surface area contributed by atoms with Crippen LogP contribution in [0.5, 0.6) is 0 Å². The van der Waals surface area contributed by atoms with Crippen molar-refractivity contribution in [2.24, 2.45) is 0 Å². The summed E-state index contributed by atoms with van der Waals surface area (Å²) < 4.78 is 0. The Labute approximate surface area is 341 Å². The summed E-state index contributed by atoms with van der Waals surface area (Å²) >= 11 is 0. The second kappa shape index (κ2) is 25.1. The molecule has 0 atom stereocenters. The van der Waals surface area contributed by atoms with E-state index in [0.29, 0.717) is 0 Å². The molecule has 2 aliphatic heterocycles. The quantitative estimate of drug-likeness (QED) is 0.0567. The highest BCUT2D eigenvalue weighted by Gasteiger charge is 2.21. The zero-order valence-electron chi connectivity index (χ0n) is 36.3. The van der Waals surface area contributed by atoms with E-state index in [1.807, 2.05) is 0 Å². The molecular formula is C52H78N4. The number of nitrogens with one attached hydrogen (secondary N) is 2. The molecule has 56 heavy (non-hydrogen) atoms. The number of nitrogens with zero attached hydrogens (tertiary/aromatic N) is 2. The first-order valence-corrected chi connectivity index (χ1v) is 23.8. The molecule has 0 radical (unpaired) electrons. The van der Waals surface area contributed by atoms with Crippen LogP contribution in [0.4, 0.5) is 0 Å². The van der Waals surface area contributed by atoms with Gasteiger partial charge in [-0.3, -0.25) is 0 Å². The third-order valence-corrected chi connectivity index (χ3v) is 12.2. The molecule has 2 N–H and O–H groups in total. The van der Waals surface area contributed by atoms with Crippen LogP contribution in [-0.2, 0) is 19.3 Å². The summed E-state index contributed by atoms with van der Waals surface area (Å²) in [7, 11) is 0. The fraction of sp³-hybridized carbons (Fsp3) is 0.615. The predicted octanol–water partition coefficient (Wildman–Crippen LogP) is 16.5. The molecule has 0 aromatic carbocycles. The van der Waals surface area contributed by atoms with Crippen LogP contribution in [-0.4, -0.2) is 19.9 Å². The van der Waals surface area contributed by atoms with E-state index >= 15 is 0 Å². The molecule has 2 aliphatic rings. The van der Waals surface area contributed by atoms with Gasteiger partial charge in [0.05, 0.1) is 22.8 Å². The zero-order valence-corrected chi connectivity index (χ0v) is 36.3. The summed E-state index contributed by atoms with van der Waals surface area (Å²) in [5, 5.41) is 0. The number of fused-ring (bicyclic) bond motifs is 8. The van der Waals surface area contributed by atoms with Crippen LogP contribution in [0.15, 0.2) is 30.3 Å². The first kappa shape index (κ1) is 43.7. The standard InChI is InChI=1S/C52H78N4/c1-5-9-13-17-21-25-29-41-37-46-39-44-34-33-42(53-44)38-43-35-36-45(54-43)40-50-47(30-26-22-18-14-10-6-2)48(31-27-23-19-15-11-7-3)52(56-50)49(51(41)55-46)32-28-24-20-16-12-8-4/h33-40,53,56H,5-32H2,1-4H3. The number of hydrogen-bond donors (Lipinski definition) is 2. The molecular weight excluding hydrogens is 681 g/mol. The molecule has 0 fully saturated rings. The van der Waals surface area contributed by atoms with Gasteiger partial charge in [0.1, 0.15) is 0 Å². The lowest BCUT2D eigenvalue weighted by Gasteiger charge is -2.12. The Kier molecular flexibility index (Phi) is 19.6. The Morgan fingerprint density at radius 3 is 1.41 bits per heavy atom. The van der Waals surface area contributed by atoms with Gasteiger partial charge in [-0.05, 0) is 117 Å². The van der Waals surface area contributed by atoms with Crippen molar-refractivity contribution in [2.45, 2.75) is 207 Å². The molecule has 5 rings (SSSR count). The van der Waals surface area contributed by atoms with Crippen LogP contribution >= 0.6 is 0 Å². The van der Waals surface area contributed by atoms with Gasteiger partial charge in [-0.15, -0.1) is 0 Å². The smallest absolute Gasteiger partial charge is 0.0722 e. The summed E-state index contributed by atoms with van der Waals surface area (Å²) in [6.45, 7) is 9.28. The number of unbranched alkanes of at least 4 members (excludes halogenated alkanes) is 20. The highest BCUT2D eigenvalue weighted by molar-refractivity contribution is 5.88. The molecule has 3 aromatic rings. The van der Waals surface area contributed by atoms with E-state index in [2.05, 4.69) is 86.2 Å². The topological polar surface area (TPSA) is 57.4 Å². The van der Waals surface area contributed by atoms with Gasteiger partial charge in [-0.25, -0.2) is 9.97 Å². The lowest BCUT2D eigenvalue weighted by Crippen LogP contribution is -1.99. The van der Waals surface area contributed by atoms with E-state index in [1.165, 1.54) is 182 Å². The Bertz CT molecular complexity index is 1820. The van der Waals surface area contributed by atoms with Gasteiger partial charge in [-0.1, -0.05) is 156 Å². The van der Waals surface area contributed by atoms with Gasteiger partial charge in [0.25, 0.3) is 0 Å². The number of hydrogen-bond acceptors (Lipinski definition) is 2. The molecule has 306 valence electrons. The Hall–Kier alpha value is -3.40. The molecule has 0 aliphatic carbocycles. The SMILES string of the molecule is CCCCCCCCC1=Cc2cc3ccc(cc4nc(cc5[nH]c(c(CCCCCCCC)c1n2)c(CCCCCCCC)c5CCCCCCCC)C=C4)[nH]3. The van der Waals surface area contributed by atoms with Crippen LogP contribution < -0.4 is 0 Å². The molecule has 4 heteroatoms. The number of aryl methyl sites for hydroxylation is 3. The van der Waals surface area contributed by atoms with E-state index in [1.54, 1.807) is 11.1 Å². The highest BCUT2D eigenvalue weighted by atomic mass is 14.8. The van der Waals surface area contributed by atoms with E-state index in [0.717, 1.165) is 53.8 Å². The van der Waals surface area contributed by atoms with Crippen molar-refractivity contribution in [2.75, 3.05) is 0 Å². The van der Waals surface area contributed by atoms with Crippen molar-refractivity contribution in [3.8, 4) is 0 Å². The summed E-state index contributed by atoms with van der Waals surface area (Å²) in [5.74, 6) is 0. The summed E-state index contributed by atoms with van der Waals surface area (Å²) in [5.41, 5.74) is 15.3. The fourth-order valence-electron chi connectivity index (χ4n) is 8.87. The van der Waals surface area contributed by atoms with Gasteiger partial charge in [0, 0.05) is 27.6 Å². The minimum Gasteiger partial charge on any atom is -0.355 e. The van der Waals surface area contributed by atoms with Gasteiger partial charge >= 0.3 is 0 Å². The van der Waals surface area contributed by atoms with Gasteiger partial charge in [0.2, 0.25) is 0 Å². The number of H-pyrrole nitrogens is 2. The van der Waals surface area contributed by atoms with Crippen LogP contribution in [0.3, 0.4) is 0 Å². The van der Waals surface area contributed by atoms with Crippen molar-refractivity contribution in [3.05, 3.63) is 69.8 Å². The number of allylic oxidation sites excluding steroid dienone is 1. The van der Waals surface area contributed by atoms with E-state index < -0.39 is 0 Å². The van der Waals surface area contributed by atoms with Crippen LogP contribution in [0, 0.1) is 0 Å². The third-order valence-electron chi connectivity index (χ3n) is 12.2. The maximum absolute atomic E-state index is 5.60. The molecule has 0 saturated heterocycles. The maximum atomic E-state index is 5.60. The zero-order chi connectivity index (χ0) is 39.2. The minimum absolute atomic E-state index is 0.999. The molecule has 5 heterocycles. The monoisotopic (exact) mass is 759 g/mol. The first-order valence-electron chi connectivity index (χ1n) is 23.8.